The average Bonchev–Trinajstić information content (AvgIpc) is 2.78. The van der Waals surface area contributed by atoms with Crippen LogP contribution < -0.4 is 5.32 Å². The van der Waals surface area contributed by atoms with Gasteiger partial charge in [0.1, 0.15) is 0 Å². The quantitative estimate of drug-likeness (QED) is 0.267. The van der Waals surface area contributed by atoms with Crippen molar-refractivity contribution in [1.82, 2.24) is 15.2 Å². The third kappa shape index (κ3) is 5.57. The highest BCUT2D eigenvalue weighted by Crippen LogP contribution is 2.33. The van der Waals surface area contributed by atoms with Crippen molar-refractivity contribution in [1.29, 1.82) is 0 Å². The number of rotatable bonds is 7. The first-order chi connectivity index (χ1) is 14.6. The normalized spacial score (nSPS) is 10.6. The summed E-state index contributed by atoms with van der Waals surface area (Å²) in [4.78, 5) is 20.1. The Kier molecular flexibility index (Phi) is 9.45. The first-order valence-corrected chi connectivity index (χ1v) is 10.4. The Morgan fingerprint density at radius 3 is 2.19 bits per heavy atom. The fraction of sp³-hybridized carbons (Fsp3) is 0.231. The molecule has 168 valence electrons. The van der Waals surface area contributed by atoms with Crippen LogP contribution in [0.4, 0.5) is 0 Å². The number of hydrogen-bond acceptors (Lipinski definition) is 3. The van der Waals surface area contributed by atoms with Crippen molar-refractivity contribution in [2.24, 2.45) is 0 Å². The Hall–Kier alpha value is -2.66. The maximum Gasteiger partial charge on any atom is 0.253 e. The average molecular weight is 470 g/mol. The van der Waals surface area contributed by atoms with Gasteiger partial charge in [-0.1, -0.05) is 66.7 Å². The highest BCUT2D eigenvalue weighted by Gasteiger charge is 2.16. The number of fused-ring (bicyclic) bond motifs is 3. The second kappa shape index (κ2) is 11.8. The first kappa shape index (κ1) is 25.6. The predicted octanol–water partition coefficient (Wildman–Crippen LogP) is 5.97. The standard InChI is InChI=1S/C26H27N3O.2ClH/c1-29(2)18-9-8-17-27-26(30)23-16-10-15-22-20-13-6-7-14-21(20)24(28-25(22)23)19-11-4-3-5-12-19;;/h3-7,10-16H,8-9,17-18H2,1-2H3,(H,27,30);2*1H. The number of carbonyl (C=O) groups is 1. The van der Waals surface area contributed by atoms with E-state index >= 15 is 0 Å². The molecule has 0 spiro atoms. The number of carbonyl (C=O) groups excluding carboxylic acids is 1. The molecule has 0 radical (unpaired) electrons. The van der Waals surface area contributed by atoms with Gasteiger partial charge < -0.3 is 10.2 Å². The lowest BCUT2D eigenvalue weighted by molar-refractivity contribution is 0.0954. The summed E-state index contributed by atoms with van der Waals surface area (Å²) in [5.41, 5.74) is 3.34. The Morgan fingerprint density at radius 2 is 1.47 bits per heavy atom. The van der Waals surface area contributed by atoms with Crippen LogP contribution in [-0.2, 0) is 0 Å². The van der Waals surface area contributed by atoms with Gasteiger partial charge in [0.05, 0.1) is 16.8 Å². The molecule has 4 nitrogen and oxygen atoms in total. The summed E-state index contributed by atoms with van der Waals surface area (Å²) in [6.07, 6.45) is 2.02. The van der Waals surface area contributed by atoms with E-state index in [4.69, 9.17) is 4.98 Å². The van der Waals surface area contributed by atoms with Crippen LogP contribution >= 0.6 is 24.8 Å². The van der Waals surface area contributed by atoms with Crippen LogP contribution in [0.15, 0.2) is 72.8 Å². The lowest BCUT2D eigenvalue weighted by Crippen LogP contribution is -2.25. The maximum atomic E-state index is 13.0. The van der Waals surface area contributed by atoms with E-state index < -0.39 is 0 Å². The molecule has 0 saturated heterocycles. The van der Waals surface area contributed by atoms with E-state index in [2.05, 4.69) is 48.6 Å². The van der Waals surface area contributed by atoms with E-state index in [1.54, 1.807) is 0 Å². The molecule has 0 unspecified atom stereocenters. The molecule has 1 amide bonds. The summed E-state index contributed by atoms with van der Waals surface area (Å²) in [5.74, 6) is -0.0627. The van der Waals surface area contributed by atoms with Crippen LogP contribution in [0.2, 0.25) is 0 Å². The first-order valence-electron chi connectivity index (χ1n) is 10.4. The number of pyridine rings is 1. The van der Waals surface area contributed by atoms with Crippen molar-refractivity contribution < 1.29 is 4.79 Å². The molecule has 6 heteroatoms. The number of unbranched alkanes of at least 4 members (excludes halogenated alkanes) is 1. The molecule has 0 fully saturated rings. The Morgan fingerprint density at radius 1 is 0.812 bits per heavy atom. The number of para-hydroxylation sites is 1. The van der Waals surface area contributed by atoms with Gasteiger partial charge >= 0.3 is 0 Å². The monoisotopic (exact) mass is 469 g/mol. The predicted molar refractivity (Wildman–Crippen MR) is 139 cm³/mol. The van der Waals surface area contributed by atoms with Gasteiger partial charge in [0.15, 0.2) is 0 Å². The largest absolute Gasteiger partial charge is 0.352 e. The summed E-state index contributed by atoms with van der Waals surface area (Å²) in [5, 5.41) is 6.29. The van der Waals surface area contributed by atoms with E-state index in [0.29, 0.717) is 12.1 Å². The van der Waals surface area contributed by atoms with E-state index in [-0.39, 0.29) is 30.7 Å². The maximum absolute atomic E-state index is 13.0. The van der Waals surface area contributed by atoms with Gasteiger partial charge in [-0.05, 0) is 44.9 Å². The minimum atomic E-state index is -0.0627. The van der Waals surface area contributed by atoms with Crippen molar-refractivity contribution in [3.63, 3.8) is 0 Å². The minimum Gasteiger partial charge on any atom is -0.352 e. The zero-order valence-electron chi connectivity index (χ0n) is 18.4. The summed E-state index contributed by atoms with van der Waals surface area (Å²) in [6.45, 7) is 1.69. The van der Waals surface area contributed by atoms with E-state index in [1.807, 2.05) is 48.5 Å². The molecule has 4 rings (SSSR count). The Labute approximate surface area is 201 Å². The lowest BCUT2D eigenvalue weighted by Gasteiger charge is -2.13. The molecular formula is C26H29Cl2N3O. The van der Waals surface area contributed by atoms with Gasteiger partial charge in [-0.2, -0.15) is 0 Å². The third-order valence-corrected chi connectivity index (χ3v) is 5.34. The number of nitrogens with zero attached hydrogens (tertiary/aromatic N) is 2. The van der Waals surface area contributed by atoms with Gasteiger partial charge in [-0.15, -0.1) is 24.8 Å². The van der Waals surface area contributed by atoms with E-state index in [1.165, 1.54) is 0 Å². The second-order valence-electron chi connectivity index (χ2n) is 7.84. The zero-order valence-corrected chi connectivity index (χ0v) is 20.0. The van der Waals surface area contributed by atoms with Gasteiger partial charge in [0, 0.05) is 22.9 Å². The summed E-state index contributed by atoms with van der Waals surface area (Å²) in [6, 6.07) is 24.3. The molecule has 1 N–H and O–H groups in total. The van der Waals surface area contributed by atoms with Gasteiger partial charge in [0.2, 0.25) is 0 Å². The lowest BCUT2D eigenvalue weighted by atomic mass is 9.98. The SMILES string of the molecule is CN(C)CCCCNC(=O)c1cccc2c1nc(-c1ccccc1)c1ccccc12.Cl.Cl. The number of benzene rings is 3. The molecule has 0 aliphatic rings. The summed E-state index contributed by atoms with van der Waals surface area (Å²) < 4.78 is 0. The molecule has 0 bridgehead atoms. The van der Waals surface area contributed by atoms with Crippen LogP contribution in [-0.4, -0.2) is 43.0 Å². The molecule has 0 aliphatic heterocycles. The molecule has 3 aromatic carbocycles. The minimum absolute atomic E-state index is 0. The molecule has 1 aromatic heterocycles. The van der Waals surface area contributed by atoms with Crippen molar-refractivity contribution in [2.45, 2.75) is 12.8 Å². The smallest absolute Gasteiger partial charge is 0.253 e. The van der Waals surface area contributed by atoms with Crippen molar-refractivity contribution >= 4 is 52.4 Å². The van der Waals surface area contributed by atoms with Crippen LogP contribution in [0.5, 0.6) is 0 Å². The molecule has 0 saturated carbocycles. The highest BCUT2D eigenvalue weighted by molar-refractivity contribution is 6.16. The fourth-order valence-corrected chi connectivity index (χ4v) is 3.83. The van der Waals surface area contributed by atoms with Crippen molar-refractivity contribution in [3.8, 4) is 11.3 Å². The Balaban J connectivity index is 0.00000181. The molecule has 4 aromatic rings. The van der Waals surface area contributed by atoms with Crippen molar-refractivity contribution in [3.05, 3.63) is 78.4 Å². The number of hydrogen-bond donors (Lipinski definition) is 1. The topological polar surface area (TPSA) is 45.2 Å². The third-order valence-electron chi connectivity index (χ3n) is 5.34. The summed E-state index contributed by atoms with van der Waals surface area (Å²) >= 11 is 0. The second-order valence-corrected chi connectivity index (χ2v) is 7.84. The number of amides is 1. The van der Waals surface area contributed by atoms with E-state index in [9.17, 15) is 4.79 Å². The molecule has 0 aliphatic carbocycles. The highest BCUT2D eigenvalue weighted by atomic mass is 35.5. The zero-order chi connectivity index (χ0) is 20.9. The van der Waals surface area contributed by atoms with Crippen LogP contribution in [0.1, 0.15) is 23.2 Å². The van der Waals surface area contributed by atoms with Gasteiger partial charge in [-0.3, -0.25) is 4.79 Å². The molecular weight excluding hydrogens is 441 g/mol. The number of nitrogens with one attached hydrogen (secondary N) is 1. The van der Waals surface area contributed by atoms with Gasteiger partial charge in [0.25, 0.3) is 5.91 Å². The number of aromatic nitrogens is 1. The molecule has 32 heavy (non-hydrogen) atoms. The van der Waals surface area contributed by atoms with Crippen molar-refractivity contribution in [2.75, 3.05) is 27.2 Å². The van der Waals surface area contributed by atoms with Gasteiger partial charge in [-0.25, -0.2) is 4.98 Å². The van der Waals surface area contributed by atoms with Crippen LogP contribution in [0.25, 0.3) is 32.9 Å². The Bertz CT molecular complexity index is 1180. The molecule has 1 heterocycles. The molecule has 0 atom stereocenters. The number of halogens is 2. The van der Waals surface area contributed by atoms with Crippen LogP contribution in [0, 0.1) is 0 Å². The van der Waals surface area contributed by atoms with Crippen LogP contribution in [0.3, 0.4) is 0 Å². The summed E-state index contributed by atoms with van der Waals surface area (Å²) in [7, 11) is 4.13. The van der Waals surface area contributed by atoms with E-state index in [0.717, 1.165) is 52.3 Å². The fourth-order valence-electron chi connectivity index (χ4n) is 3.83.